The molecule has 0 unspecified atom stereocenters. The largest absolute Gasteiger partial charge is 0.411 e. The van der Waals surface area contributed by atoms with E-state index < -0.39 is 0 Å². The molecule has 0 saturated carbocycles. The molecule has 4 nitrogen and oxygen atoms in total. The standard InChI is InChI=1S/C19H15N3O/c23-21-19(14-22-13-12-20-15-22)18-10-8-17(9-11-18)7-6-16-4-2-1-3-5-16/h1-5,8-13,15,23H,14H2/b21-19+. The van der Waals surface area contributed by atoms with Crippen LogP contribution in [-0.2, 0) is 6.54 Å². The number of rotatable bonds is 3. The van der Waals surface area contributed by atoms with Crippen molar-refractivity contribution in [2.75, 3.05) is 0 Å². The highest BCUT2D eigenvalue weighted by Gasteiger charge is 2.05. The average molecular weight is 301 g/mol. The molecular formula is C19H15N3O. The lowest BCUT2D eigenvalue weighted by Gasteiger charge is -2.05. The van der Waals surface area contributed by atoms with Gasteiger partial charge in [-0.1, -0.05) is 47.3 Å². The molecule has 23 heavy (non-hydrogen) atoms. The molecule has 0 atom stereocenters. The minimum absolute atomic E-state index is 0.464. The number of nitrogens with zero attached hydrogens (tertiary/aromatic N) is 3. The highest BCUT2D eigenvalue weighted by molar-refractivity contribution is 6.00. The van der Waals surface area contributed by atoms with Crippen molar-refractivity contribution in [2.24, 2.45) is 5.16 Å². The number of imidazole rings is 1. The maximum Gasteiger partial charge on any atom is 0.106 e. The summed E-state index contributed by atoms with van der Waals surface area (Å²) in [7, 11) is 0. The Morgan fingerprint density at radius 1 is 1.00 bits per heavy atom. The van der Waals surface area contributed by atoms with Crippen molar-refractivity contribution in [3.05, 3.63) is 90.0 Å². The summed E-state index contributed by atoms with van der Waals surface area (Å²) in [6.07, 6.45) is 5.20. The van der Waals surface area contributed by atoms with Crippen molar-refractivity contribution in [3.8, 4) is 11.8 Å². The van der Waals surface area contributed by atoms with Crippen LogP contribution >= 0.6 is 0 Å². The van der Waals surface area contributed by atoms with Crippen LogP contribution in [0, 0.1) is 11.8 Å². The zero-order chi connectivity index (χ0) is 15.9. The molecule has 4 heteroatoms. The number of oxime groups is 1. The van der Waals surface area contributed by atoms with E-state index in [0.717, 1.165) is 16.7 Å². The Morgan fingerprint density at radius 3 is 2.30 bits per heavy atom. The van der Waals surface area contributed by atoms with Crippen LogP contribution in [0.1, 0.15) is 16.7 Å². The minimum atomic E-state index is 0.464. The van der Waals surface area contributed by atoms with Gasteiger partial charge in [-0.25, -0.2) is 4.98 Å². The van der Waals surface area contributed by atoms with E-state index in [0.29, 0.717) is 12.3 Å². The molecule has 3 aromatic rings. The molecule has 0 aliphatic rings. The minimum Gasteiger partial charge on any atom is -0.411 e. The maximum atomic E-state index is 9.23. The van der Waals surface area contributed by atoms with E-state index >= 15 is 0 Å². The second-order valence-electron chi connectivity index (χ2n) is 4.98. The summed E-state index contributed by atoms with van der Waals surface area (Å²) in [6, 6.07) is 17.5. The summed E-state index contributed by atoms with van der Waals surface area (Å²) in [5.74, 6) is 6.24. The van der Waals surface area contributed by atoms with E-state index in [2.05, 4.69) is 22.0 Å². The maximum absolute atomic E-state index is 9.23. The Bertz CT molecular complexity index is 839. The molecule has 1 heterocycles. The number of hydrogen-bond acceptors (Lipinski definition) is 3. The second kappa shape index (κ2) is 7.10. The van der Waals surface area contributed by atoms with Gasteiger partial charge in [-0.2, -0.15) is 0 Å². The highest BCUT2D eigenvalue weighted by Crippen LogP contribution is 2.07. The van der Waals surface area contributed by atoms with E-state index in [9.17, 15) is 5.21 Å². The van der Waals surface area contributed by atoms with E-state index in [1.165, 1.54) is 0 Å². The predicted molar refractivity (Wildman–Crippen MR) is 89.4 cm³/mol. The van der Waals surface area contributed by atoms with Gasteiger partial charge in [0.05, 0.1) is 12.9 Å². The molecule has 0 fully saturated rings. The third kappa shape index (κ3) is 3.86. The van der Waals surface area contributed by atoms with Crippen molar-refractivity contribution < 1.29 is 5.21 Å². The second-order valence-corrected chi connectivity index (χ2v) is 4.98. The first-order chi connectivity index (χ1) is 11.3. The zero-order valence-corrected chi connectivity index (χ0v) is 12.4. The lowest BCUT2D eigenvalue weighted by Crippen LogP contribution is -2.10. The van der Waals surface area contributed by atoms with Gasteiger partial charge in [0.15, 0.2) is 0 Å². The van der Waals surface area contributed by atoms with Gasteiger partial charge < -0.3 is 9.77 Å². The van der Waals surface area contributed by atoms with Gasteiger partial charge in [0, 0.05) is 29.1 Å². The van der Waals surface area contributed by atoms with Crippen molar-refractivity contribution >= 4 is 5.71 Å². The van der Waals surface area contributed by atoms with Gasteiger partial charge >= 0.3 is 0 Å². The quantitative estimate of drug-likeness (QED) is 0.350. The van der Waals surface area contributed by atoms with Crippen LogP contribution in [0.4, 0.5) is 0 Å². The van der Waals surface area contributed by atoms with Gasteiger partial charge in [0.25, 0.3) is 0 Å². The van der Waals surface area contributed by atoms with Crippen LogP contribution in [0.25, 0.3) is 0 Å². The number of aromatic nitrogens is 2. The Morgan fingerprint density at radius 2 is 1.70 bits per heavy atom. The summed E-state index contributed by atoms with van der Waals surface area (Å²) in [4.78, 5) is 3.98. The third-order valence-electron chi connectivity index (χ3n) is 3.36. The van der Waals surface area contributed by atoms with E-state index in [1.54, 1.807) is 12.5 Å². The SMILES string of the molecule is O/N=C(\Cn1ccnc1)c1ccc(C#Cc2ccccc2)cc1. The Kier molecular flexibility index (Phi) is 4.51. The summed E-state index contributed by atoms with van der Waals surface area (Å²) >= 11 is 0. The lowest BCUT2D eigenvalue weighted by molar-refractivity contribution is 0.317. The monoisotopic (exact) mass is 301 g/mol. The van der Waals surface area contributed by atoms with Crippen molar-refractivity contribution in [1.29, 1.82) is 0 Å². The van der Waals surface area contributed by atoms with E-state index in [-0.39, 0.29) is 0 Å². The molecule has 112 valence electrons. The molecule has 0 aliphatic carbocycles. The zero-order valence-electron chi connectivity index (χ0n) is 12.4. The first kappa shape index (κ1) is 14.6. The van der Waals surface area contributed by atoms with Crippen LogP contribution in [-0.4, -0.2) is 20.5 Å². The van der Waals surface area contributed by atoms with Crippen molar-refractivity contribution in [2.45, 2.75) is 6.54 Å². The predicted octanol–water partition coefficient (Wildman–Crippen LogP) is 3.16. The molecule has 1 N–H and O–H groups in total. The molecule has 2 aromatic carbocycles. The van der Waals surface area contributed by atoms with Crippen LogP contribution in [0.15, 0.2) is 78.5 Å². The van der Waals surface area contributed by atoms with Gasteiger partial charge in [-0.05, 0) is 24.3 Å². The molecule has 0 spiro atoms. The summed E-state index contributed by atoms with van der Waals surface area (Å²) < 4.78 is 1.85. The van der Waals surface area contributed by atoms with Crippen molar-refractivity contribution in [3.63, 3.8) is 0 Å². The Balaban J connectivity index is 1.75. The smallest absolute Gasteiger partial charge is 0.106 e. The number of hydrogen-bond donors (Lipinski definition) is 1. The molecule has 3 rings (SSSR count). The highest BCUT2D eigenvalue weighted by atomic mass is 16.4. The molecule has 0 aliphatic heterocycles. The van der Waals surface area contributed by atoms with E-state index in [1.807, 2.05) is 65.4 Å². The fourth-order valence-electron chi connectivity index (χ4n) is 2.15. The van der Waals surface area contributed by atoms with Gasteiger partial charge in [-0.3, -0.25) is 0 Å². The fraction of sp³-hybridized carbons (Fsp3) is 0.0526. The molecule has 0 bridgehead atoms. The van der Waals surface area contributed by atoms with Gasteiger partial charge in [0.2, 0.25) is 0 Å². The third-order valence-corrected chi connectivity index (χ3v) is 3.36. The summed E-state index contributed by atoms with van der Waals surface area (Å²) in [5.41, 5.74) is 3.32. The summed E-state index contributed by atoms with van der Waals surface area (Å²) in [6.45, 7) is 0.464. The van der Waals surface area contributed by atoms with Crippen LogP contribution in [0.3, 0.4) is 0 Å². The topological polar surface area (TPSA) is 50.4 Å². The molecular weight excluding hydrogens is 286 g/mol. The van der Waals surface area contributed by atoms with Crippen LogP contribution in [0.5, 0.6) is 0 Å². The lowest BCUT2D eigenvalue weighted by atomic mass is 10.1. The van der Waals surface area contributed by atoms with Gasteiger partial charge in [0.1, 0.15) is 5.71 Å². The van der Waals surface area contributed by atoms with Crippen LogP contribution in [0.2, 0.25) is 0 Å². The fourth-order valence-corrected chi connectivity index (χ4v) is 2.15. The number of benzene rings is 2. The normalized spacial score (nSPS) is 10.9. The molecule has 0 amide bonds. The first-order valence-electron chi connectivity index (χ1n) is 7.19. The average Bonchev–Trinajstić information content (AvgIpc) is 3.12. The Labute approximate surface area is 134 Å². The molecule has 0 radical (unpaired) electrons. The summed E-state index contributed by atoms with van der Waals surface area (Å²) in [5, 5.41) is 12.6. The first-order valence-corrected chi connectivity index (χ1v) is 7.19. The molecule has 1 aromatic heterocycles. The van der Waals surface area contributed by atoms with Crippen LogP contribution < -0.4 is 0 Å². The van der Waals surface area contributed by atoms with Gasteiger partial charge in [-0.15, -0.1) is 0 Å². The Hall–Kier alpha value is -3.32. The molecule has 0 saturated heterocycles. The van der Waals surface area contributed by atoms with Crippen molar-refractivity contribution in [1.82, 2.24) is 9.55 Å². The van der Waals surface area contributed by atoms with E-state index in [4.69, 9.17) is 0 Å².